The predicted octanol–water partition coefficient (Wildman–Crippen LogP) is 1.70. The van der Waals surface area contributed by atoms with Gasteiger partial charge in [-0.05, 0) is 32.4 Å². The topological polar surface area (TPSA) is 66.8 Å². The number of hydrogen-bond donors (Lipinski definition) is 1. The molecule has 0 heterocycles. The molecule has 0 aliphatic rings. The molecule has 0 saturated heterocycles. The molecular formula is C14H19NO4. The van der Waals surface area contributed by atoms with E-state index in [2.05, 4.69) is 0 Å². The van der Waals surface area contributed by atoms with Gasteiger partial charge in [0.05, 0.1) is 0 Å². The van der Waals surface area contributed by atoms with Crippen LogP contribution in [0.3, 0.4) is 0 Å². The number of hydrogen-bond acceptors (Lipinski definition) is 3. The molecular weight excluding hydrogens is 246 g/mol. The summed E-state index contributed by atoms with van der Waals surface area (Å²) in [4.78, 5) is 23.9. The highest BCUT2D eigenvalue weighted by Gasteiger charge is 2.20. The molecule has 1 N–H and O–H groups in total. The van der Waals surface area contributed by atoms with Crippen molar-refractivity contribution in [1.82, 2.24) is 4.90 Å². The zero-order valence-corrected chi connectivity index (χ0v) is 11.4. The molecule has 104 valence electrons. The first-order chi connectivity index (χ1) is 8.91. The quantitative estimate of drug-likeness (QED) is 0.850. The lowest BCUT2D eigenvalue weighted by atomic mass is 10.2. The minimum Gasteiger partial charge on any atom is -0.484 e. The fourth-order valence-electron chi connectivity index (χ4n) is 1.65. The SMILES string of the molecule is Cc1ccccc1OCC(=O)N(CC(=O)O)C(C)C. The molecule has 0 aliphatic heterocycles. The maximum absolute atomic E-state index is 11.9. The van der Waals surface area contributed by atoms with Crippen LogP contribution in [0.5, 0.6) is 5.75 Å². The third kappa shape index (κ3) is 4.62. The molecule has 0 radical (unpaired) electrons. The van der Waals surface area contributed by atoms with Gasteiger partial charge in [-0.2, -0.15) is 0 Å². The summed E-state index contributed by atoms with van der Waals surface area (Å²) in [5.74, 6) is -0.728. The standard InChI is InChI=1S/C14H19NO4/c1-10(2)15(8-14(17)18)13(16)9-19-12-7-5-4-6-11(12)3/h4-7,10H,8-9H2,1-3H3,(H,17,18). The molecule has 0 aromatic heterocycles. The van der Waals surface area contributed by atoms with Gasteiger partial charge in [0.2, 0.25) is 0 Å². The summed E-state index contributed by atoms with van der Waals surface area (Å²) < 4.78 is 5.43. The molecule has 0 spiro atoms. The molecule has 0 atom stereocenters. The summed E-state index contributed by atoms with van der Waals surface area (Å²) in [6, 6.07) is 7.19. The van der Waals surface area contributed by atoms with Crippen molar-refractivity contribution in [3.63, 3.8) is 0 Å². The number of carbonyl (C=O) groups excluding carboxylic acids is 1. The Bertz CT molecular complexity index is 457. The van der Waals surface area contributed by atoms with Crippen molar-refractivity contribution in [2.24, 2.45) is 0 Å². The van der Waals surface area contributed by atoms with Crippen LogP contribution in [0, 0.1) is 6.92 Å². The van der Waals surface area contributed by atoms with E-state index in [0.717, 1.165) is 5.56 Å². The maximum atomic E-state index is 11.9. The number of nitrogens with zero attached hydrogens (tertiary/aromatic N) is 1. The van der Waals surface area contributed by atoms with Crippen LogP contribution in [-0.4, -0.2) is 41.1 Å². The Morgan fingerprint density at radius 1 is 1.32 bits per heavy atom. The Labute approximate surface area is 112 Å². The highest BCUT2D eigenvalue weighted by atomic mass is 16.5. The van der Waals surface area contributed by atoms with Crippen LogP contribution in [-0.2, 0) is 9.59 Å². The van der Waals surface area contributed by atoms with Crippen LogP contribution in [0.15, 0.2) is 24.3 Å². The molecule has 0 aliphatic carbocycles. The largest absolute Gasteiger partial charge is 0.484 e. The highest BCUT2D eigenvalue weighted by molar-refractivity contribution is 5.82. The number of carboxylic acids is 1. The van der Waals surface area contributed by atoms with Crippen molar-refractivity contribution in [2.75, 3.05) is 13.2 Å². The Morgan fingerprint density at radius 3 is 2.47 bits per heavy atom. The van der Waals surface area contributed by atoms with Gasteiger partial charge in [0, 0.05) is 6.04 Å². The zero-order valence-electron chi connectivity index (χ0n) is 11.4. The molecule has 5 nitrogen and oxygen atoms in total. The van der Waals surface area contributed by atoms with Crippen molar-refractivity contribution in [3.8, 4) is 5.75 Å². The second-order valence-electron chi connectivity index (χ2n) is 4.56. The average Bonchev–Trinajstić information content (AvgIpc) is 2.34. The number of ether oxygens (including phenoxy) is 1. The molecule has 0 fully saturated rings. The van der Waals surface area contributed by atoms with Crippen molar-refractivity contribution in [2.45, 2.75) is 26.8 Å². The fourth-order valence-corrected chi connectivity index (χ4v) is 1.65. The van der Waals surface area contributed by atoms with E-state index in [0.29, 0.717) is 5.75 Å². The van der Waals surface area contributed by atoms with E-state index in [1.807, 2.05) is 25.1 Å². The second kappa shape index (κ2) is 6.78. The summed E-state index contributed by atoms with van der Waals surface area (Å²) in [7, 11) is 0. The number of aliphatic carboxylic acids is 1. The Kier molecular flexibility index (Phi) is 5.36. The van der Waals surface area contributed by atoms with E-state index < -0.39 is 5.97 Å². The first kappa shape index (κ1) is 15.0. The summed E-state index contributed by atoms with van der Waals surface area (Å²) in [5, 5.41) is 8.78. The summed E-state index contributed by atoms with van der Waals surface area (Å²) in [6.45, 7) is 4.96. The molecule has 1 rings (SSSR count). The van der Waals surface area contributed by atoms with Gasteiger partial charge < -0.3 is 14.7 Å². The van der Waals surface area contributed by atoms with Crippen LogP contribution < -0.4 is 4.74 Å². The molecule has 1 amide bonds. The minimum atomic E-state index is -1.03. The lowest BCUT2D eigenvalue weighted by Gasteiger charge is -2.24. The number of rotatable bonds is 6. The first-order valence-electron chi connectivity index (χ1n) is 6.11. The van der Waals surface area contributed by atoms with Crippen LogP contribution in [0.4, 0.5) is 0 Å². The van der Waals surface area contributed by atoms with E-state index in [1.165, 1.54) is 4.90 Å². The normalized spacial score (nSPS) is 10.3. The third-order valence-electron chi connectivity index (χ3n) is 2.69. The molecule has 19 heavy (non-hydrogen) atoms. The molecule has 0 bridgehead atoms. The second-order valence-corrected chi connectivity index (χ2v) is 4.56. The van der Waals surface area contributed by atoms with E-state index in [-0.39, 0.29) is 25.1 Å². The van der Waals surface area contributed by atoms with Gasteiger partial charge in [-0.25, -0.2) is 0 Å². The van der Waals surface area contributed by atoms with Gasteiger partial charge >= 0.3 is 5.97 Å². The lowest BCUT2D eigenvalue weighted by molar-refractivity contribution is -0.146. The minimum absolute atomic E-state index is 0.156. The van der Waals surface area contributed by atoms with E-state index in [4.69, 9.17) is 9.84 Å². The Balaban J connectivity index is 2.63. The fraction of sp³-hybridized carbons (Fsp3) is 0.429. The van der Waals surface area contributed by atoms with Crippen LogP contribution >= 0.6 is 0 Å². The maximum Gasteiger partial charge on any atom is 0.323 e. The van der Waals surface area contributed by atoms with Crippen molar-refractivity contribution < 1.29 is 19.4 Å². The number of aryl methyl sites for hydroxylation is 1. The third-order valence-corrected chi connectivity index (χ3v) is 2.69. The van der Waals surface area contributed by atoms with Crippen molar-refractivity contribution in [1.29, 1.82) is 0 Å². The lowest BCUT2D eigenvalue weighted by Crippen LogP contribution is -2.43. The number of carbonyl (C=O) groups is 2. The van der Waals surface area contributed by atoms with E-state index in [1.54, 1.807) is 19.9 Å². The predicted molar refractivity (Wildman–Crippen MR) is 71.2 cm³/mol. The monoisotopic (exact) mass is 265 g/mol. The summed E-state index contributed by atoms with van der Waals surface area (Å²) >= 11 is 0. The summed E-state index contributed by atoms with van der Waals surface area (Å²) in [5.41, 5.74) is 0.935. The van der Waals surface area contributed by atoms with Crippen LogP contribution in [0.25, 0.3) is 0 Å². The Hall–Kier alpha value is -2.04. The molecule has 5 heteroatoms. The average molecular weight is 265 g/mol. The Morgan fingerprint density at radius 2 is 1.95 bits per heavy atom. The van der Waals surface area contributed by atoms with E-state index >= 15 is 0 Å². The van der Waals surface area contributed by atoms with Crippen LogP contribution in [0.1, 0.15) is 19.4 Å². The smallest absolute Gasteiger partial charge is 0.323 e. The summed E-state index contributed by atoms with van der Waals surface area (Å²) in [6.07, 6.45) is 0. The molecule has 1 aromatic carbocycles. The van der Waals surface area contributed by atoms with Crippen LogP contribution in [0.2, 0.25) is 0 Å². The van der Waals surface area contributed by atoms with Crippen molar-refractivity contribution >= 4 is 11.9 Å². The van der Waals surface area contributed by atoms with Gasteiger partial charge in [-0.15, -0.1) is 0 Å². The zero-order chi connectivity index (χ0) is 14.4. The van der Waals surface area contributed by atoms with Crippen molar-refractivity contribution in [3.05, 3.63) is 29.8 Å². The molecule has 0 saturated carbocycles. The first-order valence-corrected chi connectivity index (χ1v) is 6.11. The number of para-hydroxylation sites is 1. The van der Waals surface area contributed by atoms with Gasteiger partial charge in [-0.1, -0.05) is 18.2 Å². The number of amides is 1. The van der Waals surface area contributed by atoms with Gasteiger partial charge in [0.15, 0.2) is 6.61 Å². The molecule has 1 aromatic rings. The highest BCUT2D eigenvalue weighted by Crippen LogP contribution is 2.16. The number of carboxylic acid groups (broad SMARTS) is 1. The van der Waals surface area contributed by atoms with E-state index in [9.17, 15) is 9.59 Å². The number of benzene rings is 1. The van der Waals surface area contributed by atoms with Gasteiger partial charge in [-0.3, -0.25) is 9.59 Å². The van der Waals surface area contributed by atoms with Gasteiger partial charge in [0.1, 0.15) is 12.3 Å². The van der Waals surface area contributed by atoms with Gasteiger partial charge in [0.25, 0.3) is 5.91 Å². The molecule has 0 unspecified atom stereocenters.